The van der Waals surface area contributed by atoms with Crippen molar-refractivity contribution < 1.29 is 9.47 Å². The van der Waals surface area contributed by atoms with Crippen LogP contribution in [0, 0.1) is 28.6 Å². The molecular formula is C28H37NO2. The van der Waals surface area contributed by atoms with Crippen LogP contribution in [-0.2, 0) is 0 Å². The smallest absolute Gasteiger partial charge is 0.162 e. The summed E-state index contributed by atoms with van der Waals surface area (Å²) in [5, 5.41) is 0. The number of methoxy groups -OCH3 is 2. The van der Waals surface area contributed by atoms with E-state index in [0.29, 0.717) is 10.8 Å². The van der Waals surface area contributed by atoms with Gasteiger partial charge < -0.3 is 9.47 Å². The lowest BCUT2D eigenvalue weighted by Gasteiger charge is -2.57. The number of rotatable bonds is 5. The molecule has 0 radical (unpaired) electrons. The van der Waals surface area contributed by atoms with E-state index in [9.17, 15) is 0 Å². The monoisotopic (exact) mass is 419 g/mol. The van der Waals surface area contributed by atoms with Crippen LogP contribution < -0.4 is 9.47 Å². The second-order valence-electron chi connectivity index (χ2n) is 10.4. The number of hydrogen-bond acceptors (Lipinski definition) is 3. The Morgan fingerprint density at radius 2 is 1.94 bits per heavy atom. The summed E-state index contributed by atoms with van der Waals surface area (Å²) in [7, 11) is 3.34. The van der Waals surface area contributed by atoms with Gasteiger partial charge in [-0.1, -0.05) is 37.1 Å². The van der Waals surface area contributed by atoms with Crippen molar-refractivity contribution in [1.82, 2.24) is 0 Å². The van der Waals surface area contributed by atoms with Crippen LogP contribution in [0.2, 0.25) is 0 Å². The molecule has 0 bridgehead atoms. The molecule has 0 unspecified atom stereocenters. The summed E-state index contributed by atoms with van der Waals surface area (Å²) < 4.78 is 10.8. The molecule has 2 fully saturated rings. The summed E-state index contributed by atoms with van der Waals surface area (Å²) in [4.78, 5) is 4.82. The largest absolute Gasteiger partial charge is 0.493 e. The first-order valence-corrected chi connectivity index (χ1v) is 12.2. The molecule has 5 atom stereocenters. The summed E-state index contributed by atoms with van der Waals surface area (Å²) >= 11 is 0. The Hall–Kier alpha value is -2.03. The molecule has 166 valence electrons. The van der Waals surface area contributed by atoms with Gasteiger partial charge >= 0.3 is 0 Å². The predicted octanol–water partition coefficient (Wildman–Crippen LogP) is 7.30. The molecule has 0 aliphatic heterocycles. The van der Waals surface area contributed by atoms with Crippen LogP contribution >= 0.6 is 0 Å². The topological polar surface area (TPSA) is 30.8 Å². The Morgan fingerprint density at radius 3 is 2.77 bits per heavy atom. The van der Waals surface area contributed by atoms with Crippen LogP contribution in [0.5, 0.6) is 11.5 Å². The second kappa shape index (κ2) is 8.15. The maximum atomic E-state index is 5.44. The fourth-order valence-electron chi connectivity index (χ4n) is 7.55. The van der Waals surface area contributed by atoms with Crippen LogP contribution in [0.3, 0.4) is 0 Å². The highest BCUT2D eigenvalue weighted by molar-refractivity contribution is 5.66. The zero-order chi connectivity index (χ0) is 21.5. The zero-order valence-electron chi connectivity index (χ0n) is 19.4. The van der Waals surface area contributed by atoms with E-state index >= 15 is 0 Å². The number of fused-ring (bicyclic) bond motifs is 5. The SMILES string of the molecule is COc1ccc(N=CC[C@@]23C=CC[C@H]2[C@@H]2CC=C4CCCC[C@]4(C)[C@H]2CC3)cc1OC. The molecule has 4 aliphatic rings. The average molecular weight is 420 g/mol. The molecule has 31 heavy (non-hydrogen) atoms. The van der Waals surface area contributed by atoms with E-state index in [1.807, 2.05) is 18.2 Å². The van der Waals surface area contributed by atoms with Gasteiger partial charge in [0.1, 0.15) is 0 Å². The number of benzene rings is 1. The Morgan fingerprint density at radius 1 is 1.06 bits per heavy atom. The van der Waals surface area contributed by atoms with Crippen LogP contribution in [0.1, 0.15) is 64.7 Å². The molecule has 3 heteroatoms. The fraction of sp³-hybridized carbons (Fsp3) is 0.607. The number of aliphatic imine (C=N–C) groups is 1. The number of allylic oxidation sites excluding steroid dienone is 4. The Balaban J connectivity index is 1.34. The van der Waals surface area contributed by atoms with E-state index in [0.717, 1.165) is 41.4 Å². The lowest BCUT2D eigenvalue weighted by Crippen LogP contribution is -2.49. The van der Waals surface area contributed by atoms with Gasteiger partial charge in [0.05, 0.1) is 19.9 Å². The second-order valence-corrected chi connectivity index (χ2v) is 10.4. The minimum Gasteiger partial charge on any atom is -0.493 e. The van der Waals surface area contributed by atoms with Gasteiger partial charge in [0.15, 0.2) is 11.5 Å². The van der Waals surface area contributed by atoms with Gasteiger partial charge in [-0.15, -0.1) is 0 Å². The first kappa shape index (κ1) is 20.8. The minimum atomic E-state index is 0.303. The molecule has 3 nitrogen and oxygen atoms in total. The maximum absolute atomic E-state index is 5.44. The van der Waals surface area contributed by atoms with E-state index in [-0.39, 0.29) is 0 Å². The highest BCUT2D eigenvalue weighted by atomic mass is 16.5. The standard InChI is InChI=1S/C28H37NO2/c1-27-14-5-4-7-20(27)9-11-22-23(27)13-16-28(15-6-8-24(22)28)17-18-29-21-10-12-25(30-2)26(19-21)31-3/h6,9-10,12,15,18-19,22-24H,4-5,7-8,11,13-14,16-17H2,1-3H3/t22-,23+,24+,27+,28+/m1/s1. The number of ether oxygens (including phenoxy) is 2. The summed E-state index contributed by atoms with van der Waals surface area (Å²) in [6.07, 6.45) is 21.7. The van der Waals surface area contributed by atoms with Crippen molar-refractivity contribution in [3.05, 3.63) is 42.0 Å². The fourth-order valence-corrected chi connectivity index (χ4v) is 7.55. The van der Waals surface area contributed by atoms with Gasteiger partial charge in [0.2, 0.25) is 0 Å². The van der Waals surface area contributed by atoms with Crippen LogP contribution in [0.15, 0.2) is 47.0 Å². The van der Waals surface area contributed by atoms with Crippen molar-refractivity contribution in [2.45, 2.75) is 64.7 Å². The van der Waals surface area contributed by atoms with Crippen LogP contribution in [0.4, 0.5) is 5.69 Å². The molecule has 0 spiro atoms. The van der Waals surface area contributed by atoms with E-state index in [1.54, 1.807) is 19.8 Å². The Kier molecular flexibility index (Phi) is 5.48. The number of hydrogen-bond donors (Lipinski definition) is 0. The third-order valence-corrected chi connectivity index (χ3v) is 9.19. The van der Waals surface area contributed by atoms with Crippen molar-refractivity contribution in [3.8, 4) is 11.5 Å². The van der Waals surface area contributed by atoms with Crippen molar-refractivity contribution >= 4 is 11.9 Å². The summed E-state index contributed by atoms with van der Waals surface area (Å²) in [6, 6.07) is 5.90. The molecule has 0 saturated heterocycles. The predicted molar refractivity (Wildman–Crippen MR) is 127 cm³/mol. The normalized spacial score (nSPS) is 36.5. The van der Waals surface area contributed by atoms with Crippen LogP contribution in [-0.4, -0.2) is 20.4 Å². The molecular weight excluding hydrogens is 382 g/mol. The zero-order valence-corrected chi connectivity index (χ0v) is 19.4. The molecule has 2 saturated carbocycles. The maximum Gasteiger partial charge on any atom is 0.162 e. The summed E-state index contributed by atoms with van der Waals surface area (Å²) in [5.41, 5.74) is 3.51. The third-order valence-electron chi connectivity index (χ3n) is 9.19. The van der Waals surface area contributed by atoms with Gasteiger partial charge in [0, 0.05) is 12.3 Å². The van der Waals surface area contributed by atoms with Crippen molar-refractivity contribution in [2.75, 3.05) is 14.2 Å². The van der Waals surface area contributed by atoms with Crippen molar-refractivity contribution in [2.24, 2.45) is 33.6 Å². The molecule has 0 N–H and O–H groups in total. The van der Waals surface area contributed by atoms with Gasteiger partial charge in [-0.05, 0) is 92.1 Å². The highest BCUT2D eigenvalue weighted by Crippen LogP contribution is 2.64. The van der Waals surface area contributed by atoms with Crippen molar-refractivity contribution in [1.29, 1.82) is 0 Å². The average Bonchev–Trinajstić information content (AvgIpc) is 3.23. The third kappa shape index (κ3) is 3.45. The first-order chi connectivity index (χ1) is 15.1. The molecule has 0 aromatic heterocycles. The summed E-state index contributed by atoms with van der Waals surface area (Å²) in [6.45, 7) is 2.60. The Labute approximate surface area is 187 Å². The number of nitrogens with zero attached hydrogens (tertiary/aromatic N) is 1. The van der Waals surface area contributed by atoms with Gasteiger partial charge in [0.25, 0.3) is 0 Å². The van der Waals surface area contributed by atoms with E-state index < -0.39 is 0 Å². The molecule has 1 aromatic rings. The van der Waals surface area contributed by atoms with E-state index in [2.05, 4.69) is 31.4 Å². The first-order valence-electron chi connectivity index (χ1n) is 12.2. The van der Waals surface area contributed by atoms with Crippen molar-refractivity contribution in [3.63, 3.8) is 0 Å². The molecule has 5 rings (SSSR count). The van der Waals surface area contributed by atoms with E-state index in [1.165, 1.54) is 51.4 Å². The van der Waals surface area contributed by atoms with Crippen LogP contribution in [0.25, 0.3) is 0 Å². The van der Waals surface area contributed by atoms with Gasteiger partial charge in [-0.3, -0.25) is 4.99 Å². The minimum absolute atomic E-state index is 0.303. The molecule has 0 amide bonds. The molecule has 4 aliphatic carbocycles. The van der Waals surface area contributed by atoms with Gasteiger partial charge in [-0.2, -0.15) is 0 Å². The lowest BCUT2D eigenvalue weighted by molar-refractivity contribution is -0.0170. The Bertz CT molecular complexity index is 916. The molecule has 0 heterocycles. The highest BCUT2D eigenvalue weighted by Gasteiger charge is 2.55. The van der Waals surface area contributed by atoms with E-state index in [4.69, 9.17) is 14.5 Å². The van der Waals surface area contributed by atoms with Gasteiger partial charge in [-0.25, -0.2) is 0 Å². The summed E-state index contributed by atoms with van der Waals surface area (Å²) in [5.74, 6) is 3.98. The quantitative estimate of drug-likeness (QED) is 0.370. The molecule has 1 aromatic carbocycles. The lowest BCUT2D eigenvalue weighted by atomic mass is 9.47.